The standard InChI is InChI=1S/C47H29N5/c48-30-34-25-24-33(47-49-40(31-14-4-1-5-15-31)29-41(50-47)32-16-6-2-7-17-32)26-44(34)52-43-23-13-11-21-37(43)39-27-45-38(28-46(39)52)36-20-10-12-22-42(36)51(45)35-18-8-3-9-19-35/h1-29H. The maximum atomic E-state index is 10.6. The second-order valence-corrected chi connectivity index (χ2v) is 13.0. The monoisotopic (exact) mass is 663 g/mol. The Morgan fingerprint density at radius 2 is 0.904 bits per heavy atom. The number of para-hydroxylation sites is 3. The van der Waals surface area contributed by atoms with Crippen LogP contribution in [0.2, 0.25) is 0 Å². The number of benzene rings is 7. The first-order chi connectivity index (χ1) is 25.7. The largest absolute Gasteiger partial charge is 0.309 e. The summed E-state index contributed by atoms with van der Waals surface area (Å²) in [6.07, 6.45) is 0. The molecular weight excluding hydrogens is 635 g/mol. The number of nitrogens with zero attached hydrogens (tertiary/aromatic N) is 5. The lowest BCUT2D eigenvalue weighted by Gasteiger charge is -2.13. The summed E-state index contributed by atoms with van der Waals surface area (Å²) in [6, 6.07) is 63.0. The van der Waals surface area contributed by atoms with Crippen LogP contribution in [0.1, 0.15) is 5.56 Å². The van der Waals surface area contributed by atoms with E-state index >= 15 is 0 Å². The summed E-state index contributed by atoms with van der Waals surface area (Å²) in [5.41, 5.74) is 11.3. The predicted octanol–water partition coefficient (Wildman–Crippen LogP) is 11.5. The third-order valence-electron chi connectivity index (χ3n) is 9.96. The average Bonchev–Trinajstić information content (AvgIpc) is 3.72. The molecule has 0 fully saturated rings. The van der Waals surface area contributed by atoms with Gasteiger partial charge in [0.15, 0.2) is 5.82 Å². The lowest BCUT2D eigenvalue weighted by molar-refractivity contribution is 1.15. The lowest BCUT2D eigenvalue weighted by atomic mass is 10.1. The van der Waals surface area contributed by atoms with Crippen LogP contribution < -0.4 is 0 Å². The molecule has 0 bridgehead atoms. The fourth-order valence-corrected chi connectivity index (χ4v) is 7.59. The number of nitriles is 1. The van der Waals surface area contributed by atoms with Gasteiger partial charge in [0.05, 0.1) is 44.7 Å². The van der Waals surface area contributed by atoms with Crippen LogP contribution in [0, 0.1) is 11.3 Å². The highest BCUT2D eigenvalue weighted by molar-refractivity contribution is 6.19. The zero-order chi connectivity index (χ0) is 34.6. The van der Waals surface area contributed by atoms with Crippen LogP contribution in [0.15, 0.2) is 176 Å². The molecule has 5 heteroatoms. The zero-order valence-electron chi connectivity index (χ0n) is 28.0. The van der Waals surface area contributed by atoms with Gasteiger partial charge >= 0.3 is 0 Å². The summed E-state index contributed by atoms with van der Waals surface area (Å²) in [5, 5.41) is 15.1. The number of rotatable bonds is 5. The Bertz CT molecular complexity index is 2950. The van der Waals surface area contributed by atoms with Crippen molar-refractivity contribution in [2.75, 3.05) is 0 Å². The van der Waals surface area contributed by atoms with Crippen LogP contribution in [-0.4, -0.2) is 19.1 Å². The molecule has 7 aromatic carbocycles. The molecule has 0 aliphatic rings. The zero-order valence-corrected chi connectivity index (χ0v) is 28.0. The van der Waals surface area contributed by atoms with Crippen LogP contribution in [-0.2, 0) is 0 Å². The molecule has 10 rings (SSSR count). The van der Waals surface area contributed by atoms with E-state index in [2.05, 4.69) is 137 Å². The number of hydrogen-bond acceptors (Lipinski definition) is 3. The first-order valence-electron chi connectivity index (χ1n) is 17.3. The maximum Gasteiger partial charge on any atom is 0.160 e. The fraction of sp³-hybridized carbons (Fsp3) is 0. The Kier molecular flexibility index (Phi) is 6.80. The van der Waals surface area contributed by atoms with Crippen molar-refractivity contribution < 1.29 is 0 Å². The Morgan fingerprint density at radius 3 is 1.48 bits per heavy atom. The molecule has 0 radical (unpaired) electrons. The topological polar surface area (TPSA) is 59.4 Å². The summed E-state index contributed by atoms with van der Waals surface area (Å²) in [5.74, 6) is 0.597. The summed E-state index contributed by atoms with van der Waals surface area (Å²) in [6.45, 7) is 0. The third kappa shape index (κ3) is 4.70. The molecule has 3 heterocycles. The highest BCUT2D eigenvalue weighted by Crippen LogP contribution is 2.40. The minimum absolute atomic E-state index is 0.570. The van der Waals surface area contributed by atoms with Crippen LogP contribution in [0.5, 0.6) is 0 Å². The second-order valence-electron chi connectivity index (χ2n) is 13.0. The first-order valence-corrected chi connectivity index (χ1v) is 17.3. The minimum atomic E-state index is 0.570. The summed E-state index contributed by atoms with van der Waals surface area (Å²) in [4.78, 5) is 10.2. The van der Waals surface area contributed by atoms with E-state index in [0.29, 0.717) is 11.4 Å². The summed E-state index contributed by atoms with van der Waals surface area (Å²) in [7, 11) is 0. The van der Waals surface area contributed by atoms with E-state index in [-0.39, 0.29) is 0 Å². The molecule has 3 aromatic heterocycles. The summed E-state index contributed by atoms with van der Waals surface area (Å²) < 4.78 is 4.58. The molecule has 0 aliphatic carbocycles. The maximum absolute atomic E-state index is 10.6. The van der Waals surface area contributed by atoms with E-state index in [1.165, 1.54) is 5.39 Å². The van der Waals surface area contributed by atoms with Crippen LogP contribution >= 0.6 is 0 Å². The van der Waals surface area contributed by atoms with Crippen molar-refractivity contribution in [1.82, 2.24) is 19.1 Å². The van der Waals surface area contributed by atoms with Gasteiger partial charge in [-0.2, -0.15) is 5.26 Å². The van der Waals surface area contributed by atoms with Crippen molar-refractivity contribution in [3.05, 3.63) is 181 Å². The molecule has 10 aromatic rings. The summed E-state index contributed by atoms with van der Waals surface area (Å²) >= 11 is 0. The molecule has 242 valence electrons. The molecular formula is C47H29N5. The Labute approximate surface area is 299 Å². The fourth-order valence-electron chi connectivity index (χ4n) is 7.59. The normalized spacial score (nSPS) is 11.4. The van der Waals surface area contributed by atoms with E-state index in [1.54, 1.807) is 0 Å². The van der Waals surface area contributed by atoms with Gasteiger partial charge in [-0.3, -0.25) is 0 Å². The highest BCUT2D eigenvalue weighted by Gasteiger charge is 2.21. The molecule has 0 unspecified atom stereocenters. The Morgan fingerprint density at radius 1 is 0.404 bits per heavy atom. The van der Waals surface area contributed by atoms with Crippen molar-refractivity contribution in [3.8, 4) is 51.3 Å². The minimum Gasteiger partial charge on any atom is -0.309 e. The van der Waals surface area contributed by atoms with E-state index in [4.69, 9.17) is 9.97 Å². The van der Waals surface area contributed by atoms with Gasteiger partial charge in [-0.05, 0) is 60.7 Å². The van der Waals surface area contributed by atoms with Crippen LogP contribution in [0.25, 0.3) is 88.9 Å². The van der Waals surface area contributed by atoms with E-state index in [1.807, 2.05) is 54.6 Å². The molecule has 5 nitrogen and oxygen atoms in total. The number of hydrogen-bond donors (Lipinski definition) is 0. The first kappa shape index (κ1) is 29.6. The number of fused-ring (bicyclic) bond motifs is 6. The van der Waals surface area contributed by atoms with Gasteiger partial charge in [0.25, 0.3) is 0 Å². The van der Waals surface area contributed by atoms with Gasteiger partial charge in [0, 0.05) is 43.9 Å². The molecule has 0 aliphatic heterocycles. The van der Waals surface area contributed by atoms with Gasteiger partial charge in [-0.1, -0.05) is 115 Å². The van der Waals surface area contributed by atoms with Crippen molar-refractivity contribution in [2.45, 2.75) is 0 Å². The molecule has 0 saturated carbocycles. The second kappa shape index (κ2) is 11.9. The molecule has 0 N–H and O–H groups in total. The highest BCUT2D eigenvalue weighted by atomic mass is 15.0. The Hall–Kier alpha value is -7.29. The molecule has 0 spiro atoms. The van der Waals surface area contributed by atoms with Crippen molar-refractivity contribution in [1.29, 1.82) is 5.26 Å². The molecule has 0 atom stereocenters. The van der Waals surface area contributed by atoms with Gasteiger partial charge in [0.1, 0.15) is 6.07 Å². The van der Waals surface area contributed by atoms with Gasteiger partial charge in [0.2, 0.25) is 0 Å². The number of aromatic nitrogens is 4. The Balaban J connectivity index is 1.25. The SMILES string of the molecule is N#Cc1ccc(-c2nc(-c3ccccc3)cc(-c3ccccc3)n2)cc1-n1c2ccccc2c2cc3c(cc21)c1ccccc1n3-c1ccccc1. The molecule has 0 amide bonds. The lowest BCUT2D eigenvalue weighted by Crippen LogP contribution is -2.00. The third-order valence-corrected chi connectivity index (χ3v) is 9.96. The smallest absolute Gasteiger partial charge is 0.160 e. The van der Waals surface area contributed by atoms with E-state index < -0.39 is 0 Å². The van der Waals surface area contributed by atoms with Gasteiger partial charge in [-0.25, -0.2) is 9.97 Å². The van der Waals surface area contributed by atoms with Gasteiger partial charge in [-0.15, -0.1) is 0 Å². The van der Waals surface area contributed by atoms with E-state index in [9.17, 15) is 5.26 Å². The van der Waals surface area contributed by atoms with Crippen molar-refractivity contribution >= 4 is 43.6 Å². The van der Waals surface area contributed by atoms with Crippen molar-refractivity contribution in [2.24, 2.45) is 0 Å². The van der Waals surface area contributed by atoms with Crippen LogP contribution in [0.3, 0.4) is 0 Å². The van der Waals surface area contributed by atoms with Crippen LogP contribution in [0.4, 0.5) is 0 Å². The van der Waals surface area contributed by atoms with Gasteiger partial charge < -0.3 is 9.13 Å². The average molecular weight is 664 g/mol. The van der Waals surface area contributed by atoms with E-state index in [0.717, 1.165) is 77.7 Å². The molecule has 0 saturated heterocycles. The molecule has 52 heavy (non-hydrogen) atoms. The predicted molar refractivity (Wildman–Crippen MR) is 212 cm³/mol. The quantitative estimate of drug-likeness (QED) is 0.184. The van der Waals surface area contributed by atoms with Crippen molar-refractivity contribution in [3.63, 3.8) is 0 Å².